The van der Waals surface area contributed by atoms with E-state index in [0.717, 1.165) is 17.2 Å². The molecule has 4 atom stereocenters. The number of aliphatic carboxylic acids is 2. The van der Waals surface area contributed by atoms with E-state index in [1.807, 2.05) is 0 Å². The SMILES string of the molecule is Nc1ncnc2c1ncn2[C@]1(C(C(=O)O)C(=O)O)O[C@H](CO)[C@@H](O)[C@H]1O. The van der Waals surface area contributed by atoms with E-state index < -0.39 is 48.5 Å². The van der Waals surface area contributed by atoms with Gasteiger partial charge in [-0.2, -0.15) is 0 Å². The van der Waals surface area contributed by atoms with E-state index in [0.29, 0.717) is 0 Å². The molecule has 0 saturated carbocycles. The number of carboxylic acid groups (broad SMARTS) is 2. The number of carbonyl (C=O) groups is 2. The van der Waals surface area contributed by atoms with Crippen LogP contribution in [0.2, 0.25) is 0 Å². The molecular formula is C13H15N5O8. The van der Waals surface area contributed by atoms with Crippen LogP contribution in [-0.2, 0) is 20.1 Å². The lowest BCUT2D eigenvalue weighted by molar-refractivity contribution is -0.205. The summed E-state index contributed by atoms with van der Waals surface area (Å²) in [5.41, 5.74) is 3.03. The third-order valence-corrected chi connectivity index (χ3v) is 4.29. The van der Waals surface area contributed by atoms with Gasteiger partial charge in [-0.3, -0.25) is 14.2 Å². The van der Waals surface area contributed by atoms with E-state index in [1.165, 1.54) is 0 Å². The van der Waals surface area contributed by atoms with Crippen molar-refractivity contribution in [2.75, 3.05) is 12.3 Å². The van der Waals surface area contributed by atoms with Crippen LogP contribution < -0.4 is 5.73 Å². The Hall–Kier alpha value is -2.87. The third kappa shape index (κ3) is 2.29. The average molecular weight is 369 g/mol. The number of hydrogen-bond acceptors (Lipinski definition) is 10. The van der Waals surface area contributed by atoms with Gasteiger partial charge in [-0.25, -0.2) is 15.0 Å². The summed E-state index contributed by atoms with van der Waals surface area (Å²) in [5.74, 6) is -6.12. The van der Waals surface area contributed by atoms with Crippen molar-refractivity contribution in [2.45, 2.75) is 24.0 Å². The molecule has 13 heteroatoms. The first kappa shape index (κ1) is 17.9. The van der Waals surface area contributed by atoms with Gasteiger partial charge in [0.25, 0.3) is 0 Å². The van der Waals surface area contributed by atoms with E-state index >= 15 is 0 Å². The van der Waals surface area contributed by atoms with Gasteiger partial charge in [0.1, 0.15) is 30.2 Å². The summed E-state index contributed by atoms with van der Waals surface area (Å²) < 4.78 is 6.28. The number of carboxylic acids is 2. The number of fused-ring (bicyclic) bond motifs is 1. The van der Waals surface area contributed by atoms with Crippen LogP contribution in [-0.4, -0.2) is 81.9 Å². The molecule has 0 radical (unpaired) electrons. The number of nitrogens with zero attached hydrogens (tertiary/aromatic N) is 4. The van der Waals surface area contributed by atoms with Crippen LogP contribution in [0.25, 0.3) is 11.2 Å². The highest BCUT2D eigenvalue weighted by atomic mass is 16.6. The van der Waals surface area contributed by atoms with Crippen LogP contribution >= 0.6 is 0 Å². The number of aromatic nitrogens is 4. The first-order valence-corrected chi connectivity index (χ1v) is 7.30. The minimum atomic E-state index is -2.54. The standard InChI is InChI=1S/C13H15N5O8/c14-9-6-10(16-2-15-9)18(3-17-6)13(5(11(22)23)12(24)25)8(21)7(20)4(1-19)26-13/h2-5,7-8,19-21H,1H2,(H,22,23)(H,24,25)(H2,14,15,16)/t4-,7-,8-,13-/m1/s1. The number of ether oxygens (including phenoxy) is 1. The second kappa shape index (κ2) is 6.14. The molecule has 2 aromatic heterocycles. The fourth-order valence-corrected chi connectivity index (χ4v) is 3.12. The van der Waals surface area contributed by atoms with Gasteiger partial charge in [-0.1, -0.05) is 0 Å². The lowest BCUT2D eigenvalue weighted by Gasteiger charge is -2.36. The molecule has 1 saturated heterocycles. The number of rotatable bonds is 5. The van der Waals surface area contributed by atoms with Gasteiger partial charge in [-0.05, 0) is 0 Å². The van der Waals surface area contributed by atoms with Crippen molar-refractivity contribution in [3.63, 3.8) is 0 Å². The van der Waals surface area contributed by atoms with Gasteiger partial charge < -0.3 is 36.0 Å². The summed E-state index contributed by atoms with van der Waals surface area (Å²) in [6, 6.07) is 0. The van der Waals surface area contributed by atoms with Gasteiger partial charge in [0.05, 0.1) is 12.9 Å². The number of anilines is 1. The molecular weight excluding hydrogens is 354 g/mol. The van der Waals surface area contributed by atoms with Crippen molar-refractivity contribution < 1.29 is 39.9 Å². The monoisotopic (exact) mass is 369 g/mol. The van der Waals surface area contributed by atoms with Gasteiger partial charge in [0.2, 0.25) is 11.6 Å². The molecule has 1 fully saturated rings. The Morgan fingerprint density at radius 2 is 1.92 bits per heavy atom. The Bertz CT molecular complexity index is 857. The topological polar surface area (TPSA) is 214 Å². The summed E-state index contributed by atoms with van der Waals surface area (Å²) in [6.45, 7) is -0.796. The molecule has 140 valence electrons. The van der Waals surface area contributed by atoms with E-state index in [4.69, 9.17) is 10.5 Å². The summed E-state index contributed by atoms with van der Waals surface area (Å²) in [4.78, 5) is 34.9. The molecule has 26 heavy (non-hydrogen) atoms. The second-order valence-electron chi connectivity index (χ2n) is 5.68. The van der Waals surface area contributed by atoms with Crippen molar-refractivity contribution >= 4 is 28.9 Å². The minimum absolute atomic E-state index is 0.0131. The van der Waals surface area contributed by atoms with Gasteiger partial charge in [0.15, 0.2) is 11.5 Å². The third-order valence-electron chi connectivity index (χ3n) is 4.29. The number of nitrogens with two attached hydrogens (primary N) is 1. The van der Waals surface area contributed by atoms with Crippen molar-refractivity contribution in [3.05, 3.63) is 12.7 Å². The number of nitrogen functional groups attached to an aromatic ring is 1. The molecule has 1 aliphatic rings. The summed E-state index contributed by atoms with van der Waals surface area (Å²) in [6.07, 6.45) is -3.24. The molecule has 0 unspecified atom stereocenters. The highest BCUT2D eigenvalue weighted by Gasteiger charge is 2.64. The maximum Gasteiger partial charge on any atom is 0.323 e. The number of aliphatic hydroxyl groups excluding tert-OH is 3. The fourth-order valence-electron chi connectivity index (χ4n) is 3.12. The number of aliphatic hydroxyl groups is 3. The van der Waals surface area contributed by atoms with Gasteiger partial charge in [-0.15, -0.1) is 0 Å². The molecule has 7 N–H and O–H groups in total. The van der Waals surface area contributed by atoms with Crippen LogP contribution in [0.4, 0.5) is 5.82 Å². The molecule has 1 aliphatic heterocycles. The smallest absolute Gasteiger partial charge is 0.323 e. The van der Waals surface area contributed by atoms with Gasteiger partial charge in [0, 0.05) is 0 Å². The molecule has 2 aromatic rings. The lowest BCUT2D eigenvalue weighted by Crippen LogP contribution is -2.56. The number of imidazole rings is 1. The Morgan fingerprint density at radius 3 is 2.46 bits per heavy atom. The summed E-state index contributed by atoms with van der Waals surface area (Å²) >= 11 is 0. The normalized spacial score (nSPS) is 28.7. The Kier molecular flexibility index (Phi) is 4.23. The zero-order valence-electron chi connectivity index (χ0n) is 13.0. The van der Waals surface area contributed by atoms with Crippen LogP contribution in [0.15, 0.2) is 12.7 Å². The molecule has 3 heterocycles. The Morgan fingerprint density at radius 1 is 1.27 bits per heavy atom. The van der Waals surface area contributed by atoms with Crippen molar-refractivity contribution in [2.24, 2.45) is 5.92 Å². The first-order chi connectivity index (χ1) is 12.3. The maximum atomic E-state index is 11.7. The van der Waals surface area contributed by atoms with Crippen LogP contribution in [0.1, 0.15) is 0 Å². The van der Waals surface area contributed by atoms with Crippen LogP contribution in [0.3, 0.4) is 0 Å². The predicted octanol–water partition coefficient (Wildman–Crippen LogP) is -3.04. The van der Waals surface area contributed by atoms with E-state index in [1.54, 1.807) is 0 Å². The fraction of sp³-hybridized carbons (Fsp3) is 0.462. The molecule has 3 rings (SSSR count). The van der Waals surface area contributed by atoms with E-state index in [2.05, 4.69) is 15.0 Å². The first-order valence-electron chi connectivity index (χ1n) is 7.30. The maximum absolute atomic E-state index is 11.7. The van der Waals surface area contributed by atoms with E-state index in [9.17, 15) is 35.1 Å². The predicted molar refractivity (Wildman–Crippen MR) is 80.4 cm³/mol. The molecule has 0 amide bonds. The van der Waals surface area contributed by atoms with Gasteiger partial charge >= 0.3 is 11.9 Å². The number of hydrogen-bond donors (Lipinski definition) is 6. The average Bonchev–Trinajstić information content (AvgIpc) is 3.11. The minimum Gasteiger partial charge on any atom is -0.480 e. The lowest BCUT2D eigenvalue weighted by atomic mass is 9.88. The zero-order chi connectivity index (χ0) is 19.2. The molecule has 0 aliphatic carbocycles. The zero-order valence-corrected chi connectivity index (χ0v) is 13.0. The molecule has 0 aromatic carbocycles. The highest BCUT2D eigenvalue weighted by Crippen LogP contribution is 2.43. The molecule has 13 nitrogen and oxygen atoms in total. The quantitative estimate of drug-likeness (QED) is 0.290. The van der Waals surface area contributed by atoms with Crippen LogP contribution in [0.5, 0.6) is 0 Å². The summed E-state index contributed by atoms with van der Waals surface area (Å²) in [5, 5.41) is 48.9. The molecule has 0 spiro atoms. The van der Waals surface area contributed by atoms with Crippen molar-refractivity contribution in [3.8, 4) is 0 Å². The van der Waals surface area contributed by atoms with Crippen molar-refractivity contribution in [1.29, 1.82) is 0 Å². The van der Waals surface area contributed by atoms with Crippen molar-refractivity contribution in [1.82, 2.24) is 19.5 Å². The second-order valence-corrected chi connectivity index (χ2v) is 5.68. The van der Waals surface area contributed by atoms with Crippen LogP contribution in [0, 0.1) is 5.92 Å². The largest absolute Gasteiger partial charge is 0.480 e. The Labute approximate surface area is 144 Å². The highest BCUT2D eigenvalue weighted by molar-refractivity contribution is 5.94. The van der Waals surface area contributed by atoms with E-state index in [-0.39, 0.29) is 17.0 Å². The molecule has 0 bridgehead atoms. The summed E-state index contributed by atoms with van der Waals surface area (Å²) in [7, 11) is 0. The Balaban J connectivity index is 2.33.